The molecule has 36 heavy (non-hydrogen) atoms. The number of aromatic nitrogens is 5. The number of para-hydroxylation sites is 1. The van der Waals surface area contributed by atoms with Crippen molar-refractivity contribution in [2.75, 3.05) is 14.2 Å². The lowest BCUT2D eigenvalue weighted by Crippen LogP contribution is -2.23. The topological polar surface area (TPSA) is 83.5 Å². The van der Waals surface area contributed by atoms with E-state index in [-0.39, 0.29) is 5.56 Å². The van der Waals surface area contributed by atoms with Crippen molar-refractivity contribution in [2.24, 2.45) is 0 Å². The van der Waals surface area contributed by atoms with E-state index in [0.717, 1.165) is 22.6 Å². The summed E-state index contributed by atoms with van der Waals surface area (Å²) in [5.41, 5.74) is 3.53. The normalized spacial score (nSPS) is 12.3. The third kappa shape index (κ3) is 4.44. The average Bonchev–Trinajstić information content (AvgIpc) is 3.60. The highest BCUT2D eigenvalue weighted by molar-refractivity contribution is 7.15. The summed E-state index contributed by atoms with van der Waals surface area (Å²) in [5.74, 6) is 1.93. The fourth-order valence-corrected chi connectivity index (χ4v) is 4.56. The van der Waals surface area contributed by atoms with E-state index in [0.29, 0.717) is 32.3 Å². The molecule has 0 aliphatic heterocycles. The van der Waals surface area contributed by atoms with Gasteiger partial charge in [0.2, 0.25) is 4.96 Å². The van der Waals surface area contributed by atoms with Crippen molar-refractivity contribution in [3.8, 4) is 22.8 Å². The molecule has 0 bridgehead atoms. The Balaban J connectivity index is 1.59. The third-order valence-corrected chi connectivity index (χ3v) is 6.54. The molecular formula is C27H23N5O3S. The van der Waals surface area contributed by atoms with Gasteiger partial charge in [-0.3, -0.25) is 4.79 Å². The largest absolute Gasteiger partial charge is 0.501 e. The van der Waals surface area contributed by atoms with Crippen molar-refractivity contribution in [1.82, 2.24) is 24.4 Å². The number of hydrogen-bond acceptors (Lipinski definition) is 7. The fraction of sp³-hybridized carbons (Fsp3) is 0.111. The van der Waals surface area contributed by atoms with Crippen molar-refractivity contribution in [3.05, 3.63) is 105 Å². The van der Waals surface area contributed by atoms with Crippen LogP contribution in [-0.4, -0.2) is 38.6 Å². The van der Waals surface area contributed by atoms with Crippen LogP contribution in [0.2, 0.25) is 0 Å². The Labute approximate surface area is 211 Å². The minimum absolute atomic E-state index is 0.241. The van der Waals surface area contributed by atoms with Crippen LogP contribution in [-0.2, 0) is 4.74 Å². The minimum Gasteiger partial charge on any atom is -0.501 e. The van der Waals surface area contributed by atoms with Crippen LogP contribution in [0.5, 0.6) is 5.75 Å². The summed E-state index contributed by atoms with van der Waals surface area (Å²) in [4.78, 5) is 18.3. The Hall–Kier alpha value is -4.50. The Morgan fingerprint density at radius 3 is 2.47 bits per heavy atom. The van der Waals surface area contributed by atoms with Gasteiger partial charge < -0.3 is 9.47 Å². The van der Waals surface area contributed by atoms with Crippen LogP contribution in [0.4, 0.5) is 0 Å². The number of methoxy groups -OCH3 is 2. The van der Waals surface area contributed by atoms with Gasteiger partial charge in [0.25, 0.3) is 5.56 Å². The van der Waals surface area contributed by atoms with Gasteiger partial charge in [-0.2, -0.15) is 14.6 Å². The van der Waals surface area contributed by atoms with Gasteiger partial charge in [-0.25, -0.2) is 4.68 Å². The molecule has 0 N–H and O–H groups in total. The number of benzene rings is 2. The zero-order valence-electron chi connectivity index (χ0n) is 20.0. The predicted molar refractivity (Wildman–Crippen MR) is 141 cm³/mol. The van der Waals surface area contributed by atoms with Crippen LogP contribution in [0.1, 0.15) is 18.2 Å². The lowest BCUT2D eigenvalue weighted by atomic mass is 10.1. The average molecular weight is 498 g/mol. The Morgan fingerprint density at radius 1 is 1.06 bits per heavy atom. The van der Waals surface area contributed by atoms with Gasteiger partial charge in [0.1, 0.15) is 5.75 Å². The molecule has 0 unspecified atom stereocenters. The molecule has 0 aliphatic rings. The number of nitrogens with zero attached hydrogens (tertiary/aromatic N) is 5. The maximum atomic E-state index is 13.2. The van der Waals surface area contributed by atoms with E-state index in [1.807, 2.05) is 73.8 Å². The van der Waals surface area contributed by atoms with E-state index in [4.69, 9.17) is 14.6 Å². The molecule has 0 atom stereocenters. The first-order valence-electron chi connectivity index (χ1n) is 11.1. The molecule has 0 radical (unpaired) electrons. The van der Waals surface area contributed by atoms with Crippen molar-refractivity contribution in [2.45, 2.75) is 6.92 Å². The Kier molecular flexibility index (Phi) is 6.22. The van der Waals surface area contributed by atoms with E-state index < -0.39 is 0 Å². The number of fused-ring (bicyclic) bond motifs is 1. The fourth-order valence-electron chi connectivity index (χ4n) is 3.67. The molecule has 0 saturated carbocycles. The first-order valence-corrected chi connectivity index (χ1v) is 11.9. The van der Waals surface area contributed by atoms with Crippen LogP contribution < -0.4 is 14.8 Å². The molecule has 0 fully saturated rings. The van der Waals surface area contributed by atoms with E-state index in [2.05, 4.69) is 16.7 Å². The SMILES string of the molecule is C=C(C=C(C)OC)c1nn(-c2ccccc2)cc1C=c1sc2nc(-c3ccc(OC)cc3)nn2c1=O. The third-order valence-electron chi connectivity index (χ3n) is 5.58. The molecule has 2 aromatic carbocycles. The van der Waals surface area contributed by atoms with E-state index in [1.165, 1.54) is 15.9 Å². The molecular weight excluding hydrogens is 474 g/mol. The number of ether oxygens (including phenoxy) is 2. The number of thiazole rings is 1. The van der Waals surface area contributed by atoms with Crippen molar-refractivity contribution in [1.29, 1.82) is 0 Å². The maximum absolute atomic E-state index is 13.2. The van der Waals surface area contributed by atoms with E-state index >= 15 is 0 Å². The van der Waals surface area contributed by atoms with Crippen molar-refractivity contribution >= 4 is 27.9 Å². The van der Waals surface area contributed by atoms with E-state index in [9.17, 15) is 4.79 Å². The summed E-state index contributed by atoms with van der Waals surface area (Å²) in [6, 6.07) is 17.1. The van der Waals surface area contributed by atoms with Gasteiger partial charge in [-0.05, 0) is 61.0 Å². The van der Waals surface area contributed by atoms with Crippen LogP contribution >= 0.6 is 11.3 Å². The predicted octanol–water partition coefficient (Wildman–Crippen LogP) is 4.12. The van der Waals surface area contributed by atoms with Gasteiger partial charge in [-0.1, -0.05) is 36.1 Å². The molecule has 9 heteroatoms. The molecule has 0 saturated heterocycles. The van der Waals surface area contributed by atoms with Gasteiger partial charge in [-0.15, -0.1) is 5.10 Å². The lowest BCUT2D eigenvalue weighted by Gasteiger charge is -2.02. The molecule has 0 spiro atoms. The smallest absolute Gasteiger partial charge is 0.291 e. The van der Waals surface area contributed by atoms with Crippen molar-refractivity contribution < 1.29 is 9.47 Å². The maximum Gasteiger partial charge on any atom is 0.291 e. The molecule has 5 rings (SSSR count). The lowest BCUT2D eigenvalue weighted by molar-refractivity contribution is 0.294. The highest BCUT2D eigenvalue weighted by Crippen LogP contribution is 2.23. The zero-order chi connectivity index (χ0) is 25.2. The van der Waals surface area contributed by atoms with Gasteiger partial charge in [0, 0.05) is 17.3 Å². The summed E-state index contributed by atoms with van der Waals surface area (Å²) in [7, 11) is 3.22. The zero-order valence-corrected chi connectivity index (χ0v) is 20.8. The molecule has 8 nitrogen and oxygen atoms in total. The molecule has 180 valence electrons. The standard InChI is InChI=1S/C27H23N5O3S/c1-17(14-18(2)34-3)24-20(16-31(29-24)21-8-6-5-7-9-21)15-23-26(33)32-27(36-23)28-25(30-32)19-10-12-22(35-4)13-11-19/h5-16H,1H2,2-4H3. The van der Waals surface area contributed by atoms with Gasteiger partial charge in [0.15, 0.2) is 5.82 Å². The molecule has 0 amide bonds. The second-order valence-corrected chi connectivity index (χ2v) is 8.98. The Morgan fingerprint density at radius 2 is 1.81 bits per heavy atom. The first kappa shape index (κ1) is 23.3. The minimum atomic E-state index is -0.241. The summed E-state index contributed by atoms with van der Waals surface area (Å²) in [5, 5.41) is 9.18. The second-order valence-electron chi connectivity index (χ2n) is 7.97. The van der Waals surface area contributed by atoms with Crippen molar-refractivity contribution in [3.63, 3.8) is 0 Å². The quantitative estimate of drug-likeness (QED) is 0.248. The monoisotopic (exact) mass is 497 g/mol. The molecule has 3 heterocycles. The Bertz CT molecular complexity index is 1700. The summed E-state index contributed by atoms with van der Waals surface area (Å²) in [6.07, 6.45) is 5.50. The highest BCUT2D eigenvalue weighted by atomic mass is 32.1. The number of allylic oxidation sites excluding steroid dienone is 3. The van der Waals surface area contributed by atoms with Crippen LogP contribution in [0.15, 0.2) is 84.0 Å². The number of hydrogen-bond donors (Lipinski definition) is 0. The van der Waals surface area contributed by atoms with Crippen LogP contribution in [0.3, 0.4) is 0 Å². The molecule has 0 aliphatic carbocycles. The summed E-state index contributed by atoms with van der Waals surface area (Å²) < 4.78 is 14.1. The van der Waals surface area contributed by atoms with Crippen LogP contribution in [0.25, 0.3) is 33.7 Å². The first-order chi connectivity index (χ1) is 17.5. The molecule has 5 aromatic rings. The second kappa shape index (κ2) is 9.63. The highest BCUT2D eigenvalue weighted by Gasteiger charge is 2.15. The van der Waals surface area contributed by atoms with Gasteiger partial charge in [0.05, 0.1) is 35.9 Å². The van der Waals surface area contributed by atoms with Crippen LogP contribution in [0, 0.1) is 0 Å². The van der Waals surface area contributed by atoms with Gasteiger partial charge >= 0.3 is 0 Å². The number of rotatable bonds is 7. The summed E-state index contributed by atoms with van der Waals surface area (Å²) >= 11 is 1.28. The van der Waals surface area contributed by atoms with E-state index in [1.54, 1.807) is 25.0 Å². The molecule has 3 aromatic heterocycles. The summed E-state index contributed by atoms with van der Waals surface area (Å²) in [6.45, 7) is 6.02.